The van der Waals surface area contributed by atoms with E-state index in [4.69, 9.17) is 0 Å². The average Bonchev–Trinajstić information content (AvgIpc) is 2.38. The van der Waals surface area contributed by atoms with Gasteiger partial charge in [-0.1, -0.05) is 6.07 Å². The largest absolute Gasteiger partial charge is 0.351 e. The van der Waals surface area contributed by atoms with Crippen LogP contribution in [0.4, 0.5) is 0 Å². The van der Waals surface area contributed by atoms with Crippen molar-refractivity contribution in [2.75, 3.05) is 6.54 Å². The van der Waals surface area contributed by atoms with E-state index in [0.717, 1.165) is 11.4 Å². The zero-order valence-corrected chi connectivity index (χ0v) is 11.4. The predicted octanol–water partition coefficient (Wildman–Crippen LogP) is 0.754. The SMILES string of the molecule is Cc1cccc(CCNC(=O)c2cnc(C)[nH]c2=O)n1. The first-order valence-corrected chi connectivity index (χ1v) is 6.33. The summed E-state index contributed by atoms with van der Waals surface area (Å²) >= 11 is 0. The molecule has 6 nitrogen and oxygen atoms in total. The molecule has 0 radical (unpaired) electrons. The molecular formula is C14H16N4O2. The van der Waals surface area contributed by atoms with Crippen molar-refractivity contribution in [3.8, 4) is 0 Å². The molecule has 2 aromatic heterocycles. The van der Waals surface area contributed by atoms with Gasteiger partial charge in [0.05, 0.1) is 0 Å². The second-order valence-electron chi connectivity index (χ2n) is 4.49. The quantitative estimate of drug-likeness (QED) is 0.860. The topological polar surface area (TPSA) is 87.7 Å². The highest BCUT2D eigenvalue weighted by atomic mass is 16.2. The van der Waals surface area contributed by atoms with Crippen LogP contribution in [0.3, 0.4) is 0 Å². The van der Waals surface area contributed by atoms with Gasteiger partial charge in [-0.05, 0) is 26.0 Å². The van der Waals surface area contributed by atoms with Gasteiger partial charge < -0.3 is 10.3 Å². The third kappa shape index (κ3) is 3.50. The molecule has 0 aromatic carbocycles. The van der Waals surface area contributed by atoms with Crippen molar-refractivity contribution in [2.45, 2.75) is 20.3 Å². The molecule has 0 atom stereocenters. The van der Waals surface area contributed by atoms with Gasteiger partial charge in [-0.15, -0.1) is 0 Å². The van der Waals surface area contributed by atoms with Gasteiger partial charge >= 0.3 is 0 Å². The molecule has 2 heterocycles. The second kappa shape index (κ2) is 6.10. The van der Waals surface area contributed by atoms with E-state index < -0.39 is 11.5 Å². The Balaban J connectivity index is 1.94. The van der Waals surface area contributed by atoms with E-state index in [-0.39, 0.29) is 5.56 Å². The molecule has 104 valence electrons. The number of H-pyrrole nitrogens is 1. The van der Waals surface area contributed by atoms with E-state index in [0.29, 0.717) is 18.8 Å². The Hall–Kier alpha value is -2.50. The minimum Gasteiger partial charge on any atom is -0.351 e. The van der Waals surface area contributed by atoms with Crippen molar-refractivity contribution in [3.63, 3.8) is 0 Å². The van der Waals surface area contributed by atoms with Crippen LogP contribution in [0.15, 0.2) is 29.2 Å². The van der Waals surface area contributed by atoms with Crippen LogP contribution < -0.4 is 10.9 Å². The normalized spacial score (nSPS) is 10.3. The highest BCUT2D eigenvalue weighted by molar-refractivity contribution is 5.93. The summed E-state index contributed by atoms with van der Waals surface area (Å²) in [6, 6.07) is 5.74. The lowest BCUT2D eigenvalue weighted by Gasteiger charge is -2.05. The predicted molar refractivity (Wildman–Crippen MR) is 74.6 cm³/mol. The number of aryl methyl sites for hydroxylation is 2. The van der Waals surface area contributed by atoms with Crippen LogP contribution in [0.25, 0.3) is 0 Å². The molecule has 2 N–H and O–H groups in total. The summed E-state index contributed by atoms with van der Waals surface area (Å²) in [6.45, 7) is 3.99. The number of aromatic amines is 1. The number of amides is 1. The van der Waals surface area contributed by atoms with Crippen LogP contribution in [-0.2, 0) is 6.42 Å². The number of aromatic nitrogens is 3. The summed E-state index contributed by atoms with van der Waals surface area (Å²) < 4.78 is 0. The monoisotopic (exact) mass is 272 g/mol. The molecular weight excluding hydrogens is 256 g/mol. The van der Waals surface area contributed by atoms with Gasteiger partial charge in [0, 0.05) is 30.6 Å². The summed E-state index contributed by atoms with van der Waals surface area (Å²) in [7, 11) is 0. The smallest absolute Gasteiger partial charge is 0.263 e. The summed E-state index contributed by atoms with van der Waals surface area (Å²) in [6.07, 6.45) is 1.90. The lowest BCUT2D eigenvalue weighted by atomic mass is 10.2. The summed E-state index contributed by atoms with van der Waals surface area (Å²) in [5.41, 5.74) is 1.44. The molecule has 0 aliphatic rings. The number of nitrogens with one attached hydrogen (secondary N) is 2. The maximum absolute atomic E-state index is 11.8. The Morgan fingerprint density at radius 2 is 2.15 bits per heavy atom. The van der Waals surface area contributed by atoms with E-state index in [9.17, 15) is 9.59 Å². The molecule has 2 rings (SSSR count). The Morgan fingerprint density at radius 1 is 1.35 bits per heavy atom. The van der Waals surface area contributed by atoms with Crippen LogP contribution in [0.5, 0.6) is 0 Å². The minimum atomic E-state index is -0.427. The van der Waals surface area contributed by atoms with Gasteiger partial charge in [-0.25, -0.2) is 4.98 Å². The highest BCUT2D eigenvalue weighted by Gasteiger charge is 2.10. The van der Waals surface area contributed by atoms with Crippen molar-refractivity contribution >= 4 is 5.91 Å². The standard InChI is InChI=1S/C14H16N4O2/c1-9-4-3-5-11(17-9)6-7-15-13(19)12-8-16-10(2)18-14(12)20/h3-5,8H,6-7H2,1-2H3,(H,15,19)(H,16,18,20). The number of carbonyl (C=O) groups excluding carboxylic acids is 1. The van der Waals surface area contributed by atoms with Gasteiger partial charge in [0.25, 0.3) is 11.5 Å². The molecule has 2 aromatic rings. The number of carbonyl (C=O) groups is 1. The van der Waals surface area contributed by atoms with Gasteiger partial charge in [0.2, 0.25) is 0 Å². The molecule has 0 saturated heterocycles. The van der Waals surface area contributed by atoms with Gasteiger partial charge in [-0.2, -0.15) is 0 Å². The van der Waals surface area contributed by atoms with Crippen molar-refractivity contribution < 1.29 is 4.79 Å². The third-order valence-electron chi connectivity index (χ3n) is 2.78. The molecule has 0 aliphatic carbocycles. The van der Waals surface area contributed by atoms with E-state index in [1.807, 2.05) is 25.1 Å². The molecule has 0 spiro atoms. The zero-order valence-electron chi connectivity index (χ0n) is 11.4. The van der Waals surface area contributed by atoms with Crippen molar-refractivity contribution in [1.82, 2.24) is 20.3 Å². The summed E-state index contributed by atoms with van der Waals surface area (Å²) in [4.78, 5) is 34.2. The van der Waals surface area contributed by atoms with E-state index in [1.54, 1.807) is 6.92 Å². The third-order valence-corrected chi connectivity index (χ3v) is 2.78. The number of nitrogens with zero attached hydrogens (tertiary/aromatic N) is 2. The van der Waals surface area contributed by atoms with E-state index in [1.165, 1.54) is 6.20 Å². The van der Waals surface area contributed by atoms with E-state index in [2.05, 4.69) is 20.3 Å². The molecule has 6 heteroatoms. The molecule has 1 amide bonds. The fourth-order valence-corrected chi connectivity index (χ4v) is 1.78. The first-order chi connectivity index (χ1) is 9.56. The summed E-state index contributed by atoms with van der Waals surface area (Å²) in [5, 5.41) is 2.69. The number of hydrogen-bond donors (Lipinski definition) is 2. The molecule has 0 aliphatic heterocycles. The maximum Gasteiger partial charge on any atom is 0.263 e. The highest BCUT2D eigenvalue weighted by Crippen LogP contribution is 1.98. The molecule has 20 heavy (non-hydrogen) atoms. The van der Waals surface area contributed by atoms with Crippen LogP contribution >= 0.6 is 0 Å². The Kier molecular flexibility index (Phi) is 4.24. The molecule has 0 saturated carbocycles. The van der Waals surface area contributed by atoms with Gasteiger partial charge in [0.15, 0.2) is 0 Å². The number of hydrogen-bond acceptors (Lipinski definition) is 4. The summed E-state index contributed by atoms with van der Waals surface area (Å²) in [5.74, 6) is 0.0573. The average molecular weight is 272 g/mol. The minimum absolute atomic E-state index is 0.0211. The Bertz CT molecular complexity index is 679. The Labute approximate surface area is 116 Å². The molecule has 0 unspecified atom stereocenters. The Morgan fingerprint density at radius 3 is 2.85 bits per heavy atom. The maximum atomic E-state index is 11.8. The van der Waals surface area contributed by atoms with Gasteiger partial charge in [-0.3, -0.25) is 14.6 Å². The lowest BCUT2D eigenvalue weighted by Crippen LogP contribution is -2.31. The van der Waals surface area contributed by atoms with Crippen molar-refractivity contribution in [1.29, 1.82) is 0 Å². The fraction of sp³-hybridized carbons (Fsp3) is 0.286. The number of pyridine rings is 1. The fourth-order valence-electron chi connectivity index (χ4n) is 1.78. The van der Waals surface area contributed by atoms with Crippen LogP contribution in [0.2, 0.25) is 0 Å². The second-order valence-corrected chi connectivity index (χ2v) is 4.49. The first-order valence-electron chi connectivity index (χ1n) is 6.33. The number of rotatable bonds is 4. The molecule has 0 fully saturated rings. The lowest BCUT2D eigenvalue weighted by molar-refractivity contribution is 0.0952. The van der Waals surface area contributed by atoms with Crippen molar-refractivity contribution in [3.05, 3.63) is 57.5 Å². The first kappa shape index (κ1) is 13.9. The zero-order chi connectivity index (χ0) is 14.5. The van der Waals surface area contributed by atoms with E-state index >= 15 is 0 Å². The van der Waals surface area contributed by atoms with Crippen LogP contribution in [0, 0.1) is 13.8 Å². The van der Waals surface area contributed by atoms with Crippen LogP contribution in [0.1, 0.15) is 27.6 Å². The molecule has 0 bridgehead atoms. The van der Waals surface area contributed by atoms with Gasteiger partial charge in [0.1, 0.15) is 11.4 Å². The van der Waals surface area contributed by atoms with Crippen molar-refractivity contribution in [2.24, 2.45) is 0 Å². The van der Waals surface area contributed by atoms with Crippen LogP contribution in [-0.4, -0.2) is 27.4 Å².